The van der Waals surface area contributed by atoms with Crippen molar-refractivity contribution in [2.24, 2.45) is 11.8 Å². The number of nitrogens with zero attached hydrogens (tertiary/aromatic N) is 2. The van der Waals surface area contributed by atoms with Gasteiger partial charge < -0.3 is 4.90 Å². The molecular weight excluding hydrogens is 304 g/mol. The third-order valence-electron chi connectivity index (χ3n) is 6.23. The summed E-state index contributed by atoms with van der Waals surface area (Å²) >= 11 is 0. The summed E-state index contributed by atoms with van der Waals surface area (Å²) in [6.07, 6.45) is 10.6. The average molecular weight is 341 g/mol. The highest BCUT2D eigenvalue weighted by molar-refractivity contribution is 5.33. The van der Waals surface area contributed by atoms with Crippen molar-refractivity contribution in [2.45, 2.75) is 70.6 Å². The average Bonchev–Trinajstić information content (AvgIpc) is 2.65. The molecule has 0 radical (unpaired) electrons. The Labute approximate surface area is 155 Å². The van der Waals surface area contributed by atoms with Gasteiger partial charge in [0.2, 0.25) is 0 Å². The number of hydrogen-bond donors (Lipinski definition) is 0. The Balaban J connectivity index is 1.83. The minimum Gasteiger partial charge on any atom is -0.306 e. The monoisotopic (exact) mass is 340 g/mol. The Morgan fingerprint density at radius 3 is 2.40 bits per heavy atom. The lowest BCUT2D eigenvalue weighted by molar-refractivity contribution is 0.251. The van der Waals surface area contributed by atoms with Crippen molar-refractivity contribution in [1.29, 1.82) is 5.26 Å². The van der Waals surface area contributed by atoms with Crippen molar-refractivity contribution in [1.82, 2.24) is 4.90 Å². The van der Waals surface area contributed by atoms with Gasteiger partial charge in [0.1, 0.15) is 0 Å². The molecule has 25 heavy (non-hydrogen) atoms. The Bertz CT molecular complexity index is 525. The van der Waals surface area contributed by atoms with Gasteiger partial charge in [0, 0.05) is 0 Å². The third kappa shape index (κ3) is 5.58. The maximum Gasteiger partial charge on any atom is 0.0845 e. The zero-order valence-electron chi connectivity index (χ0n) is 16.5. The highest BCUT2D eigenvalue weighted by Crippen LogP contribution is 2.36. The minimum absolute atomic E-state index is 0.326. The molecule has 0 aromatic heterocycles. The van der Waals surface area contributed by atoms with Crippen LogP contribution in [0.25, 0.3) is 0 Å². The van der Waals surface area contributed by atoms with Gasteiger partial charge >= 0.3 is 0 Å². The normalized spacial score (nSPS) is 18.2. The van der Waals surface area contributed by atoms with Crippen molar-refractivity contribution < 1.29 is 0 Å². The second kappa shape index (κ2) is 9.97. The predicted octanol–water partition coefficient (Wildman–Crippen LogP) is 5.79. The van der Waals surface area contributed by atoms with E-state index in [2.05, 4.69) is 56.1 Å². The molecular formula is C23H36N2. The SMILES string of the molecule is CC(C)[C@@](C#N)(CCCN(C)CCC1CCCCC1)c1ccccc1. The first-order valence-electron chi connectivity index (χ1n) is 10.2. The van der Waals surface area contributed by atoms with Gasteiger partial charge in [0.25, 0.3) is 0 Å². The molecule has 0 saturated heterocycles. The largest absolute Gasteiger partial charge is 0.306 e. The van der Waals surface area contributed by atoms with Crippen LogP contribution in [0.1, 0.15) is 70.8 Å². The van der Waals surface area contributed by atoms with E-state index in [1.54, 1.807) is 0 Å². The number of hydrogen-bond acceptors (Lipinski definition) is 2. The van der Waals surface area contributed by atoms with Crippen LogP contribution in [0.5, 0.6) is 0 Å². The predicted molar refractivity (Wildman–Crippen MR) is 106 cm³/mol. The summed E-state index contributed by atoms with van der Waals surface area (Å²) in [5.41, 5.74) is 0.822. The van der Waals surface area contributed by atoms with E-state index in [1.807, 2.05) is 6.07 Å². The molecule has 1 aromatic carbocycles. The van der Waals surface area contributed by atoms with Crippen molar-refractivity contribution in [3.05, 3.63) is 35.9 Å². The van der Waals surface area contributed by atoms with Gasteiger partial charge in [-0.2, -0.15) is 5.26 Å². The Morgan fingerprint density at radius 2 is 1.80 bits per heavy atom. The van der Waals surface area contributed by atoms with Crippen molar-refractivity contribution in [3.8, 4) is 6.07 Å². The first kappa shape index (κ1) is 20.0. The maximum absolute atomic E-state index is 9.98. The fraction of sp³-hybridized carbons (Fsp3) is 0.696. The van der Waals surface area contributed by atoms with E-state index in [0.717, 1.165) is 25.3 Å². The lowest BCUT2D eigenvalue weighted by atomic mass is 9.70. The van der Waals surface area contributed by atoms with Gasteiger partial charge in [-0.15, -0.1) is 0 Å². The lowest BCUT2D eigenvalue weighted by Crippen LogP contribution is -2.32. The van der Waals surface area contributed by atoms with E-state index in [9.17, 15) is 5.26 Å². The first-order chi connectivity index (χ1) is 12.1. The van der Waals surface area contributed by atoms with Crippen molar-refractivity contribution >= 4 is 0 Å². The molecule has 0 heterocycles. The molecule has 138 valence electrons. The van der Waals surface area contributed by atoms with Gasteiger partial charge in [-0.1, -0.05) is 76.3 Å². The molecule has 1 atom stereocenters. The zero-order valence-corrected chi connectivity index (χ0v) is 16.5. The summed E-state index contributed by atoms with van der Waals surface area (Å²) in [7, 11) is 2.24. The Morgan fingerprint density at radius 1 is 1.12 bits per heavy atom. The van der Waals surface area contributed by atoms with Crippen molar-refractivity contribution in [2.75, 3.05) is 20.1 Å². The summed E-state index contributed by atoms with van der Waals surface area (Å²) in [4.78, 5) is 2.47. The summed E-state index contributed by atoms with van der Waals surface area (Å²) in [5.74, 6) is 1.28. The second-order valence-electron chi connectivity index (χ2n) is 8.30. The molecule has 0 spiro atoms. The van der Waals surface area contributed by atoms with Gasteiger partial charge in [0.15, 0.2) is 0 Å². The third-order valence-corrected chi connectivity index (χ3v) is 6.23. The van der Waals surface area contributed by atoms with Crippen molar-refractivity contribution in [3.63, 3.8) is 0 Å². The van der Waals surface area contributed by atoms with E-state index < -0.39 is 0 Å². The fourth-order valence-corrected chi connectivity index (χ4v) is 4.37. The second-order valence-corrected chi connectivity index (χ2v) is 8.30. The van der Waals surface area contributed by atoms with E-state index in [4.69, 9.17) is 0 Å². The fourth-order valence-electron chi connectivity index (χ4n) is 4.37. The van der Waals surface area contributed by atoms with Crippen LogP contribution in [0, 0.1) is 23.2 Å². The van der Waals surface area contributed by atoms with Crippen LogP contribution in [-0.2, 0) is 5.41 Å². The Kier molecular flexibility index (Phi) is 7.97. The highest BCUT2D eigenvalue weighted by atomic mass is 15.1. The lowest BCUT2D eigenvalue weighted by Gasteiger charge is -2.32. The highest BCUT2D eigenvalue weighted by Gasteiger charge is 2.35. The summed E-state index contributed by atoms with van der Waals surface area (Å²) < 4.78 is 0. The summed E-state index contributed by atoms with van der Waals surface area (Å²) in [6.45, 7) is 6.67. The van der Waals surface area contributed by atoms with E-state index in [1.165, 1.54) is 50.6 Å². The van der Waals surface area contributed by atoms with Gasteiger partial charge in [-0.25, -0.2) is 0 Å². The molecule has 1 fully saturated rings. The maximum atomic E-state index is 9.98. The number of nitriles is 1. The Hall–Kier alpha value is -1.33. The minimum atomic E-state index is -0.356. The number of benzene rings is 1. The molecule has 0 unspecified atom stereocenters. The van der Waals surface area contributed by atoms with Crippen LogP contribution in [0.15, 0.2) is 30.3 Å². The molecule has 1 aliphatic rings. The summed E-state index contributed by atoms with van der Waals surface area (Å²) in [6, 6.07) is 13.1. The van der Waals surface area contributed by atoms with Gasteiger partial charge in [-0.05, 0) is 56.8 Å². The standard InChI is InChI=1S/C23H36N2/c1-20(2)23(19-24,22-13-8-5-9-14-22)16-10-17-25(3)18-15-21-11-6-4-7-12-21/h5,8-9,13-14,20-21H,4,6-7,10-12,15-18H2,1-3H3/t23-/m0/s1. The molecule has 1 aliphatic carbocycles. The molecule has 1 aromatic rings. The molecule has 2 rings (SSSR count). The van der Waals surface area contributed by atoms with E-state index >= 15 is 0 Å². The van der Waals surface area contributed by atoms with Crippen LogP contribution < -0.4 is 0 Å². The van der Waals surface area contributed by atoms with E-state index in [0.29, 0.717) is 5.92 Å². The molecule has 1 saturated carbocycles. The molecule has 2 heteroatoms. The number of rotatable bonds is 9. The van der Waals surface area contributed by atoms with Crippen LogP contribution in [-0.4, -0.2) is 25.0 Å². The molecule has 0 bridgehead atoms. The quantitative estimate of drug-likeness (QED) is 0.569. The zero-order chi connectivity index (χ0) is 18.1. The van der Waals surface area contributed by atoms with E-state index in [-0.39, 0.29) is 5.41 Å². The van der Waals surface area contributed by atoms with Gasteiger partial charge in [-0.3, -0.25) is 0 Å². The molecule has 0 aliphatic heterocycles. The molecule has 2 nitrogen and oxygen atoms in total. The van der Waals surface area contributed by atoms with Crippen LogP contribution in [0.2, 0.25) is 0 Å². The first-order valence-corrected chi connectivity index (χ1v) is 10.2. The topological polar surface area (TPSA) is 27.0 Å². The van der Waals surface area contributed by atoms with Crippen LogP contribution >= 0.6 is 0 Å². The smallest absolute Gasteiger partial charge is 0.0845 e. The van der Waals surface area contributed by atoms with Crippen LogP contribution in [0.3, 0.4) is 0 Å². The molecule has 0 N–H and O–H groups in total. The summed E-state index contributed by atoms with van der Waals surface area (Å²) in [5, 5.41) is 9.98. The van der Waals surface area contributed by atoms with Crippen LogP contribution in [0.4, 0.5) is 0 Å². The van der Waals surface area contributed by atoms with Gasteiger partial charge in [0.05, 0.1) is 11.5 Å². The molecule has 0 amide bonds.